The number of hydrogen-bond acceptors (Lipinski definition) is 4. The number of thiazole rings is 1. The van der Waals surface area contributed by atoms with Gasteiger partial charge in [0.15, 0.2) is 0 Å². The number of nitrogens with one attached hydrogen (secondary N) is 1. The molecular weight excluding hydrogens is 273 g/mol. The van der Waals surface area contributed by atoms with Crippen LogP contribution >= 0.6 is 11.3 Å². The highest BCUT2D eigenvalue weighted by molar-refractivity contribution is 7.13. The van der Waals surface area contributed by atoms with Gasteiger partial charge in [-0.2, -0.15) is 0 Å². The molecule has 20 heavy (non-hydrogen) atoms. The van der Waals surface area contributed by atoms with Crippen LogP contribution in [0.2, 0.25) is 0 Å². The van der Waals surface area contributed by atoms with Crippen molar-refractivity contribution in [2.24, 2.45) is 0 Å². The lowest BCUT2D eigenvalue weighted by Gasteiger charge is -2.03. The molecule has 0 bridgehead atoms. The van der Waals surface area contributed by atoms with Crippen molar-refractivity contribution < 1.29 is 4.39 Å². The van der Waals surface area contributed by atoms with Crippen LogP contribution in [-0.4, -0.2) is 9.97 Å². The van der Waals surface area contributed by atoms with Gasteiger partial charge in [0.1, 0.15) is 10.8 Å². The van der Waals surface area contributed by atoms with Crippen molar-refractivity contribution in [3.8, 4) is 10.7 Å². The molecule has 0 aliphatic heterocycles. The molecule has 3 aromatic rings. The van der Waals surface area contributed by atoms with Crippen molar-refractivity contribution in [3.63, 3.8) is 0 Å². The summed E-state index contributed by atoms with van der Waals surface area (Å²) in [5.74, 6) is -0.248. The fourth-order valence-electron chi connectivity index (χ4n) is 1.79. The number of anilines is 1. The molecule has 3 rings (SSSR count). The van der Waals surface area contributed by atoms with Gasteiger partial charge in [-0.25, -0.2) is 9.37 Å². The number of benzene rings is 1. The van der Waals surface area contributed by atoms with Gasteiger partial charge in [0.2, 0.25) is 0 Å². The molecule has 1 aromatic carbocycles. The fourth-order valence-corrected chi connectivity index (χ4v) is 2.58. The van der Waals surface area contributed by atoms with Crippen LogP contribution in [0.3, 0.4) is 0 Å². The number of nitrogens with zero attached hydrogens (tertiary/aromatic N) is 2. The molecule has 3 nitrogen and oxygen atoms in total. The molecule has 2 aromatic heterocycles. The smallest absolute Gasteiger partial charge is 0.142 e. The molecule has 0 aliphatic rings. The second-order valence-corrected chi connectivity index (χ2v) is 5.08. The van der Waals surface area contributed by atoms with E-state index in [4.69, 9.17) is 0 Å². The van der Waals surface area contributed by atoms with Gasteiger partial charge in [-0.05, 0) is 30.3 Å². The second kappa shape index (κ2) is 5.79. The quantitative estimate of drug-likeness (QED) is 0.788. The molecule has 0 spiro atoms. The van der Waals surface area contributed by atoms with Crippen molar-refractivity contribution in [2.75, 3.05) is 5.32 Å². The van der Waals surface area contributed by atoms with Gasteiger partial charge >= 0.3 is 0 Å². The maximum atomic E-state index is 13.1. The third-order valence-corrected chi connectivity index (χ3v) is 3.65. The summed E-state index contributed by atoms with van der Waals surface area (Å²) in [6, 6.07) is 12.1. The van der Waals surface area contributed by atoms with Gasteiger partial charge in [-0.1, -0.05) is 12.1 Å². The summed E-state index contributed by atoms with van der Waals surface area (Å²) in [6.07, 6.45) is 1.75. The summed E-state index contributed by atoms with van der Waals surface area (Å²) < 4.78 is 13.1. The van der Waals surface area contributed by atoms with E-state index in [1.807, 2.05) is 29.6 Å². The first-order valence-corrected chi connectivity index (χ1v) is 7.04. The average Bonchev–Trinajstić information content (AvgIpc) is 2.95. The lowest BCUT2D eigenvalue weighted by Crippen LogP contribution is -1.99. The van der Waals surface area contributed by atoms with Crippen LogP contribution in [0.4, 0.5) is 10.1 Å². The van der Waals surface area contributed by atoms with Gasteiger partial charge < -0.3 is 5.32 Å². The molecule has 0 saturated carbocycles. The predicted molar refractivity (Wildman–Crippen MR) is 79.1 cm³/mol. The van der Waals surface area contributed by atoms with Crippen LogP contribution in [0.1, 0.15) is 5.69 Å². The Kier molecular flexibility index (Phi) is 3.69. The third-order valence-electron chi connectivity index (χ3n) is 2.73. The van der Waals surface area contributed by atoms with Gasteiger partial charge in [0.25, 0.3) is 0 Å². The molecule has 5 heteroatoms. The third kappa shape index (κ3) is 3.00. The highest BCUT2D eigenvalue weighted by Crippen LogP contribution is 2.21. The largest absolute Gasteiger partial charge is 0.379 e. The highest BCUT2D eigenvalue weighted by Gasteiger charge is 2.05. The van der Waals surface area contributed by atoms with Crippen molar-refractivity contribution in [2.45, 2.75) is 6.54 Å². The lowest BCUT2D eigenvalue weighted by atomic mass is 10.3. The van der Waals surface area contributed by atoms with Crippen LogP contribution < -0.4 is 5.32 Å². The van der Waals surface area contributed by atoms with Gasteiger partial charge in [0, 0.05) is 17.3 Å². The first-order valence-electron chi connectivity index (χ1n) is 6.16. The van der Waals surface area contributed by atoms with E-state index in [0.717, 1.165) is 22.1 Å². The topological polar surface area (TPSA) is 37.8 Å². The van der Waals surface area contributed by atoms with E-state index in [0.29, 0.717) is 6.54 Å². The first kappa shape index (κ1) is 12.7. The normalized spacial score (nSPS) is 10.4. The predicted octanol–water partition coefficient (Wildman–Crippen LogP) is 3.96. The number of pyridine rings is 1. The summed E-state index contributed by atoms with van der Waals surface area (Å²) in [5, 5.41) is 6.02. The van der Waals surface area contributed by atoms with Crippen LogP contribution in [0, 0.1) is 5.82 Å². The number of hydrogen-bond donors (Lipinski definition) is 1. The number of aromatic nitrogens is 2. The minimum Gasteiger partial charge on any atom is -0.379 e. The SMILES string of the molecule is Fc1cccc(NCc2csc(-c3ccccn3)n2)c1. The van der Waals surface area contributed by atoms with E-state index >= 15 is 0 Å². The molecule has 0 aliphatic carbocycles. The van der Waals surface area contributed by atoms with E-state index in [9.17, 15) is 4.39 Å². The van der Waals surface area contributed by atoms with Crippen LogP contribution in [0.25, 0.3) is 10.7 Å². The Morgan fingerprint density at radius 2 is 2.10 bits per heavy atom. The van der Waals surface area contributed by atoms with Crippen molar-refractivity contribution in [1.29, 1.82) is 0 Å². The summed E-state index contributed by atoms with van der Waals surface area (Å²) >= 11 is 1.55. The number of rotatable bonds is 4. The lowest BCUT2D eigenvalue weighted by molar-refractivity contribution is 0.628. The maximum Gasteiger partial charge on any atom is 0.142 e. The molecule has 0 radical (unpaired) electrons. The molecule has 0 amide bonds. The van der Waals surface area contributed by atoms with Crippen molar-refractivity contribution >= 4 is 17.0 Å². The highest BCUT2D eigenvalue weighted by atomic mass is 32.1. The van der Waals surface area contributed by atoms with Crippen LogP contribution in [-0.2, 0) is 6.54 Å². The van der Waals surface area contributed by atoms with Gasteiger partial charge in [0.05, 0.1) is 17.9 Å². The molecule has 0 fully saturated rings. The minimum absolute atomic E-state index is 0.248. The molecule has 100 valence electrons. The van der Waals surface area contributed by atoms with E-state index in [-0.39, 0.29) is 5.82 Å². The summed E-state index contributed by atoms with van der Waals surface area (Å²) in [6.45, 7) is 0.562. The zero-order valence-corrected chi connectivity index (χ0v) is 11.4. The Labute approximate surface area is 120 Å². The second-order valence-electron chi connectivity index (χ2n) is 4.22. The van der Waals surface area contributed by atoms with Crippen LogP contribution in [0.5, 0.6) is 0 Å². The molecule has 1 N–H and O–H groups in total. The van der Waals surface area contributed by atoms with E-state index < -0.39 is 0 Å². The zero-order chi connectivity index (χ0) is 13.8. The summed E-state index contributed by atoms with van der Waals surface area (Å²) in [5.41, 5.74) is 2.53. The van der Waals surface area contributed by atoms with Crippen molar-refractivity contribution in [1.82, 2.24) is 9.97 Å². The Hall–Kier alpha value is -2.27. The number of halogens is 1. The summed E-state index contributed by atoms with van der Waals surface area (Å²) in [4.78, 5) is 8.79. The fraction of sp³-hybridized carbons (Fsp3) is 0.0667. The van der Waals surface area contributed by atoms with Crippen molar-refractivity contribution in [3.05, 3.63) is 65.6 Å². The Bertz CT molecular complexity index is 697. The summed E-state index contributed by atoms with van der Waals surface area (Å²) in [7, 11) is 0. The van der Waals surface area contributed by atoms with E-state index in [1.165, 1.54) is 12.1 Å². The molecule has 0 atom stereocenters. The van der Waals surface area contributed by atoms with E-state index in [1.54, 1.807) is 23.6 Å². The minimum atomic E-state index is -0.248. The van der Waals surface area contributed by atoms with Crippen LogP contribution in [0.15, 0.2) is 54.0 Å². The Balaban J connectivity index is 1.69. The molecule has 0 saturated heterocycles. The average molecular weight is 285 g/mol. The molecule has 0 unspecified atom stereocenters. The zero-order valence-electron chi connectivity index (χ0n) is 10.6. The standard InChI is InChI=1S/C15H12FN3S/c16-11-4-3-5-12(8-11)18-9-13-10-20-15(19-13)14-6-1-2-7-17-14/h1-8,10,18H,9H2. The molecular formula is C15H12FN3S. The Morgan fingerprint density at radius 1 is 1.15 bits per heavy atom. The van der Waals surface area contributed by atoms with Gasteiger partial charge in [-0.15, -0.1) is 11.3 Å². The van der Waals surface area contributed by atoms with E-state index in [2.05, 4.69) is 15.3 Å². The first-order chi connectivity index (χ1) is 9.81. The molecule has 2 heterocycles. The monoisotopic (exact) mass is 285 g/mol. The maximum absolute atomic E-state index is 13.1. The Morgan fingerprint density at radius 3 is 2.90 bits per heavy atom. The van der Waals surface area contributed by atoms with Gasteiger partial charge in [-0.3, -0.25) is 4.98 Å².